The molecule has 1 atom stereocenters. The summed E-state index contributed by atoms with van der Waals surface area (Å²) in [6.07, 6.45) is 0.204. The van der Waals surface area contributed by atoms with E-state index in [-0.39, 0.29) is 29.5 Å². The predicted octanol–water partition coefficient (Wildman–Crippen LogP) is 5.11. The van der Waals surface area contributed by atoms with Crippen LogP contribution < -0.4 is 9.62 Å². The quantitative estimate of drug-likeness (QED) is 0.250. The third-order valence-electron chi connectivity index (χ3n) is 6.96. The number of aryl methyl sites for hydroxylation is 1. The van der Waals surface area contributed by atoms with Crippen LogP contribution in [0, 0.1) is 12.7 Å². The first-order valence-corrected chi connectivity index (χ1v) is 15.1. The van der Waals surface area contributed by atoms with E-state index in [0.717, 1.165) is 27.1 Å². The van der Waals surface area contributed by atoms with Gasteiger partial charge in [0.25, 0.3) is 10.0 Å². The minimum atomic E-state index is -4.36. The van der Waals surface area contributed by atoms with Crippen molar-refractivity contribution in [3.05, 3.63) is 132 Å². The molecule has 4 aromatic rings. The number of halogens is 1. The molecule has 0 radical (unpaired) electrons. The molecule has 0 aliphatic carbocycles. The van der Waals surface area contributed by atoms with Crippen LogP contribution in [0.4, 0.5) is 10.1 Å². The van der Waals surface area contributed by atoms with E-state index in [1.807, 2.05) is 61.5 Å². The van der Waals surface area contributed by atoms with Gasteiger partial charge >= 0.3 is 0 Å². The lowest BCUT2D eigenvalue weighted by Gasteiger charge is -2.34. The lowest BCUT2D eigenvalue weighted by atomic mass is 10.0. The van der Waals surface area contributed by atoms with E-state index < -0.39 is 34.3 Å². The smallest absolute Gasteiger partial charge is 0.264 e. The summed E-state index contributed by atoms with van der Waals surface area (Å²) in [4.78, 5) is 29.1. The maximum absolute atomic E-state index is 15.1. The summed E-state index contributed by atoms with van der Waals surface area (Å²) in [5, 5.41) is 2.83. The highest BCUT2D eigenvalue weighted by atomic mass is 32.2. The van der Waals surface area contributed by atoms with Crippen LogP contribution in [0.3, 0.4) is 0 Å². The van der Waals surface area contributed by atoms with Crippen molar-refractivity contribution in [1.82, 2.24) is 10.2 Å². The van der Waals surface area contributed by atoms with E-state index in [0.29, 0.717) is 6.54 Å². The van der Waals surface area contributed by atoms with E-state index >= 15 is 4.39 Å². The lowest BCUT2D eigenvalue weighted by Crippen LogP contribution is -2.53. The molecule has 0 aliphatic rings. The number of nitrogens with zero attached hydrogens (tertiary/aromatic N) is 2. The van der Waals surface area contributed by atoms with Gasteiger partial charge in [0.1, 0.15) is 18.4 Å². The average molecular weight is 588 g/mol. The van der Waals surface area contributed by atoms with Gasteiger partial charge in [-0.25, -0.2) is 12.8 Å². The third kappa shape index (κ3) is 7.22. The molecule has 0 spiro atoms. The Labute approximate surface area is 246 Å². The van der Waals surface area contributed by atoms with Gasteiger partial charge in [-0.05, 0) is 54.8 Å². The minimum Gasteiger partial charge on any atom is -0.355 e. The van der Waals surface area contributed by atoms with Gasteiger partial charge in [0, 0.05) is 19.5 Å². The molecule has 0 aromatic heterocycles. The number of para-hydroxylation sites is 1. The van der Waals surface area contributed by atoms with Crippen LogP contribution in [-0.2, 0) is 32.6 Å². The summed E-state index contributed by atoms with van der Waals surface area (Å²) in [5.74, 6) is -1.81. The van der Waals surface area contributed by atoms with Crippen LogP contribution in [0.5, 0.6) is 0 Å². The summed E-state index contributed by atoms with van der Waals surface area (Å²) < 4.78 is 43.6. The number of anilines is 1. The van der Waals surface area contributed by atoms with Crippen LogP contribution >= 0.6 is 0 Å². The molecule has 0 saturated heterocycles. The Morgan fingerprint density at radius 3 is 2.07 bits per heavy atom. The highest BCUT2D eigenvalue weighted by molar-refractivity contribution is 7.92. The molecule has 218 valence electrons. The number of benzene rings is 4. The first-order valence-electron chi connectivity index (χ1n) is 13.7. The Kier molecular flexibility index (Phi) is 10.1. The van der Waals surface area contributed by atoms with Gasteiger partial charge in [-0.1, -0.05) is 84.9 Å². The van der Waals surface area contributed by atoms with Crippen molar-refractivity contribution in [2.75, 3.05) is 17.4 Å². The van der Waals surface area contributed by atoms with Crippen molar-refractivity contribution in [1.29, 1.82) is 0 Å². The summed E-state index contributed by atoms with van der Waals surface area (Å²) in [5.41, 5.74) is 2.28. The second-order valence-electron chi connectivity index (χ2n) is 9.82. The van der Waals surface area contributed by atoms with E-state index in [1.165, 1.54) is 35.2 Å². The zero-order chi connectivity index (χ0) is 30.1. The van der Waals surface area contributed by atoms with E-state index in [9.17, 15) is 18.0 Å². The Morgan fingerprint density at radius 2 is 1.43 bits per heavy atom. The van der Waals surface area contributed by atoms with Crippen LogP contribution in [0.2, 0.25) is 0 Å². The van der Waals surface area contributed by atoms with Gasteiger partial charge in [-0.2, -0.15) is 0 Å². The molecule has 0 heterocycles. The van der Waals surface area contributed by atoms with Crippen molar-refractivity contribution in [2.45, 2.75) is 37.8 Å². The molecule has 2 amide bonds. The number of hydrogen-bond acceptors (Lipinski definition) is 4. The topological polar surface area (TPSA) is 86.8 Å². The highest BCUT2D eigenvalue weighted by Crippen LogP contribution is 2.27. The molecule has 0 aliphatic heterocycles. The first kappa shape index (κ1) is 30.5. The molecule has 42 heavy (non-hydrogen) atoms. The molecule has 7 nitrogen and oxygen atoms in total. The van der Waals surface area contributed by atoms with E-state index in [4.69, 9.17) is 0 Å². The Hall–Kier alpha value is -4.50. The van der Waals surface area contributed by atoms with Crippen molar-refractivity contribution in [2.24, 2.45) is 0 Å². The Bertz CT molecular complexity index is 1610. The second-order valence-corrected chi connectivity index (χ2v) is 11.7. The van der Waals surface area contributed by atoms with Gasteiger partial charge in [0.2, 0.25) is 11.8 Å². The average Bonchev–Trinajstić information content (AvgIpc) is 3.00. The zero-order valence-electron chi connectivity index (χ0n) is 23.6. The van der Waals surface area contributed by atoms with E-state index in [1.54, 1.807) is 25.1 Å². The number of likely N-dealkylation sites (N-methyl/N-ethyl adjacent to an activating group) is 1. The SMILES string of the molecule is CCNC(=O)[C@@H](Cc1ccccc1)N(Cc1ccccc1C)C(=O)CN(c1ccccc1F)S(=O)(=O)c1ccccc1. The van der Waals surface area contributed by atoms with Crippen LogP contribution in [-0.4, -0.2) is 44.3 Å². The summed E-state index contributed by atoms with van der Waals surface area (Å²) >= 11 is 0. The third-order valence-corrected chi connectivity index (χ3v) is 8.73. The van der Waals surface area contributed by atoms with Crippen LogP contribution in [0.1, 0.15) is 23.6 Å². The molecular formula is C33H34FN3O4S. The number of carbonyl (C=O) groups is 2. The van der Waals surface area contributed by atoms with Crippen LogP contribution in [0.15, 0.2) is 114 Å². The van der Waals surface area contributed by atoms with Gasteiger partial charge in [-0.15, -0.1) is 0 Å². The highest BCUT2D eigenvalue weighted by Gasteiger charge is 2.35. The van der Waals surface area contributed by atoms with E-state index in [2.05, 4.69) is 5.32 Å². The molecule has 9 heteroatoms. The second kappa shape index (κ2) is 13.9. The number of amides is 2. The van der Waals surface area contributed by atoms with Crippen molar-refractivity contribution in [3.8, 4) is 0 Å². The van der Waals surface area contributed by atoms with Crippen molar-refractivity contribution < 1.29 is 22.4 Å². The number of carbonyl (C=O) groups excluding carboxylic acids is 2. The van der Waals surface area contributed by atoms with Crippen molar-refractivity contribution in [3.63, 3.8) is 0 Å². The summed E-state index contributed by atoms with van der Waals surface area (Å²) in [6.45, 7) is 3.38. The molecule has 0 fully saturated rings. The first-order chi connectivity index (χ1) is 20.2. The molecule has 4 aromatic carbocycles. The maximum atomic E-state index is 15.1. The zero-order valence-corrected chi connectivity index (χ0v) is 24.4. The molecule has 1 N–H and O–H groups in total. The van der Waals surface area contributed by atoms with Crippen molar-refractivity contribution >= 4 is 27.5 Å². The Balaban J connectivity index is 1.81. The van der Waals surface area contributed by atoms with Gasteiger partial charge < -0.3 is 10.2 Å². The van der Waals surface area contributed by atoms with Gasteiger partial charge in [0.15, 0.2) is 0 Å². The number of hydrogen-bond donors (Lipinski definition) is 1. The molecule has 0 saturated carbocycles. The largest absolute Gasteiger partial charge is 0.355 e. The molecule has 4 rings (SSSR count). The number of nitrogens with one attached hydrogen (secondary N) is 1. The normalized spacial score (nSPS) is 11.9. The number of rotatable bonds is 12. The minimum absolute atomic E-state index is 0.0522. The summed E-state index contributed by atoms with van der Waals surface area (Å²) in [7, 11) is -4.36. The fraction of sp³-hybridized carbons (Fsp3) is 0.212. The monoisotopic (exact) mass is 587 g/mol. The Morgan fingerprint density at radius 1 is 0.833 bits per heavy atom. The number of sulfonamides is 1. The maximum Gasteiger partial charge on any atom is 0.264 e. The lowest BCUT2D eigenvalue weighted by molar-refractivity contribution is -0.140. The van der Waals surface area contributed by atoms with Crippen LogP contribution in [0.25, 0.3) is 0 Å². The van der Waals surface area contributed by atoms with Gasteiger partial charge in [0.05, 0.1) is 10.6 Å². The standard InChI is InChI=1S/C33H34FN3O4S/c1-3-35-33(39)31(22-26-15-6-4-7-16-26)36(23-27-17-11-10-14-25(27)2)32(38)24-37(30-21-13-12-20-29(30)34)42(40,41)28-18-8-5-9-19-28/h4-21,31H,3,22-24H2,1-2H3,(H,35,39)/t31-/m1/s1. The van der Waals surface area contributed by atoms with Gasteiger partial charge in [-0.3, -0.25) is 13.9 Å². The fourth-order valence-electron chi connectivity index (χ4n) is 4.70. The fourth-order valence-corrected chi connectivity index (χ4v) is 6.15. The molecule has 0 bridgehead atoms. The predicted molar refractivity (Wildman–Crippen MR) is 162 cm³/mol. The summed E-state index contributed by atoms with van der Waals surface area (Å²) in [6, 6.07) is 28.8. The molecular weight excluding hydrogens is 553 g/mol. The molecule has 0 unspecified atom stereocenters.